The zero-order chi connectivity index (χ0) is 21.8. The van der Waals surface area contributed by atoms with Crippen molar-refractivity contribution in [3.05, 3.63) is 65.4 Å². The smallest absolute Gasteiger partial charge is 0.321 e. The number of aromatic nitrogens is 3. The molecule has 0 unspecified atom stereocenters. The quantitative estimate of drug-likeness (QED) is 0.670. The molecule has 0 atom stereocenters. The number of urea groups is 1. The van der Waals surface area contributed by atoms with Crippen molar-refractivity contribution >= 4 is 29.2 Å². The number of carbonyl (C=O) groups is 1. The Morgan fingerprint density at radius 3 is 2.32 bits per heavy atom. The van der Waals surface area contributed by atoms with Crippen LogP contribution in [0.1, 0.15) is 16.7 Å². The summed E-state index contributed by atoms with van der Waals surface area (Å²) < 4.78 is 0. The molecule has 3 aromatic rings. The third-order valence-corrected chi connectivity index (χ3v) is 5.34. The van der Waals surface area contributed by atoms with Crippen LogP contribution in [-0.2, 0) is 0 Å². The number of carbonyl (C=O) groups excluding carboxylic acids is 1. The molecule has 8 heteroatoms. The Morgan fingerprint density at radius 1 is 0.871 bits per heavy atom. The lowest BCUT2D eigenvalue weighted by atomic mass is 10.1. The summed E-state index contributed by atoms with van der Waals surface area (Å²) in [5.74, 6) is 2.19. The van der Waals surface area contributed by atoms with Crippen LogP contribution < -0.4 is 15.5 Å². The largest absolute Gasteiger partial charge is 0.352 e. The summed E-state index contributed by atoms with van der Waals surface area (Å²) in [7, 11) is 0. The van der Waals surface area contributed by atoms with E-state index in [-0.39, 0.29) is 6.03 Å². The molecule has 1 aliphatic heterocycles. The van der Waals surface area contributed by atoms with E-state index in [1.54, 1.807) is 6.20 Å². The second kappa shape index (κ2) is 8.99. The molecule has 0 spiro atoms. The molecule has 31 heavy (non-hydrogen) atoms. The predicted molar refractivity (Wildman–Crippen MR) is 123 cm³/mol. The fraction of sp³-hybridized carbons (Fsp3) is 0.304. The number of hydrogen-bond donors (Lipinski definition) is 2. The van der Waals surface area contributed by atoms with Gasteiger partial charge in [-0.1, -0.05) is 17.7 Å². The average molecular weight is 418 g/mol. The molecule has 1 fully saturated rings. The molecule has 2 aromatic heterocycles. The number of hydrogen-bond acceptors (Lipinski definition) is 6. The summed E-state index contributed by atoms with van der Waals surface area (Å²) in [6.07, 6.45) is 1.76. The molecule has 160 valence electrons. The molecule has 1 aromatic carbocycles. The van der Waals surface area contributed by atoms with Gasteiger partial charge in [0, 0.05) is 38.1 Å². The number of piperazine rings is 1. The minimum Gasteiger partial charge on any atom is -0.352 e. The predicted octanol–water partition coefficient (Wildman–Crippen LogP) is 3.89. The van der Waals surface area contributed by atoms with Crippen molar-refractivity contribution in [1.82, 2.24) is 20.1 Å². The molecule has 4 rings (SSSR count). The van der Waals surface area contributed by atoms with Crippen molar-refractivity contribution in [3.8, 4) is 0 Å². The molecule has 1 saturated heterocycles. The number of nitrogens with zero attached hydrogens (tertiary/aromatic N) is 5. The summed E-state index contributed by atoms with van der Waals surface area (Å²) >= 11 is 0. The fourth-order valence-corrected chi connectivity index (χ4v) is 3.58. The van der Waals surface area contributed by atoms with Crippen molar-refractivity contribution in [2.24, 2.45) is 0 Å². The van der Waals surface area contributed by atoms with Gasteiger partial charge in [-0.15, -0.1) is 10.2 Å². The third kappa shape index (κ3) is 5.09. The second-order valence-electron chi connectivity index (χ2n) is 7.84. The van der Waals surface area contributed by atoms with Gasteiger partial charge in [-0.3, -0.25) is 0 Å². The lowest BCUT2D eigenvalue weighted by molar-refractivity contribution is 0.208. The highest BCUT2D eigenvalue weighted by Crippen LogP contribution is 2.19. The Bertz CT molecular complexity index is 1060. The second-order valence-corrected chi connectivity index (χ2v) is 7.84. The van der Waals surface area contributed by atoms with E-state index >= 15 is 0 Å². The first kappa shape index (κ1) is 20.6. The van der Waals surface area contributed by atoms with Gasteiger partial charge in [0.1, 0.15) is 5.82 Å². The van der Waals surface area contributed by atoms with Gasteiger partial charge in [0.2, 0.25) is 0 Å². The Labute approximate surface area is 182 Å². The van der Waals surface area contributed by atoms with Crippen LogP contribution in [0.2, 0.25) is 0 Å². The van der Waals surface area contributed by atoms with Crippen molar-refractivity contribution in [2.75, 3.05) is 41.7 Å². The fourth-order valence-electron chi connectivity index (χ4n) is 3.58. The zero-order valence-electron chi connectivity index (χ0n) is 18.1. The minimum atomic E-state index is -0.0668. The molecular formula is C23H27N7O. The lowest BCUT2D eigenvalue weighted by Crippen LogP contribution is -2.50. The van der Waals surface area contributed by atoms with E-state index in [0.717, 1.165) is 28.5 Å². The molecule has 2 amide bonds. The highest BCUT2D eigenvalue weighted by atomic mass is 16.2. The Kier molecular flexibility index (Phi) is 5.97. The molecule has 1 aliphatic rings. The Balaban J connectivity index is 1.31. The van der Waals surface area contributed by atoms with Crippen LogP contribution in [0.25, 0.3) is 0 Å². The van der Waals surface area contributed by atoms with Gasteiger partial charge >= 0.3 is 6.03 Å². The van der Waals surface area contributed by atoms with Crippen molar-refractivity contribution in [3.63, 3.8) is 0 Å². The summed E-state index contributed by atoms with van der Waals surface area (Å²) in [5.41, 5.74) is 4.23. The van der Waals surface area contributed by atoms with Gasteiger partial charge in [0.15, 0.2) is 11.6 Å². The summed E-state index contributed by atoms with van der Waals surface area (Å²) in [6, 6.07) is 13.7. The standard InChI is InChI=1S/C23H27N7O/c1-16-4-5-19(18(3)14-16)25-23(31)30-12-10-29(11-13-30)22-7-6-20(27-28-22)26-21-15-17(2)8-9-24-21/h4-9,14-15H,10-13H2,1-3H3,(H,25,31)(H,24,26,27). The summed E-state index contributed by atoms with van der Waals surface area (Å²) in [5, 5.41) is 14.8. The first-order valence-corrected chi connectivity index (χ1v) is 10.4. The Morgan fingerprint density at radius 2 is 1.65 bits per heavy atom. The molecular weight excluding hydrogens is 390 g/mol. The molecule has 8 nitrogen and oxygen atoms in total. The van der Waals surface area contributed by atoms with E-state index in [9.17, 15) is 4.79 Å². The lowest BCUT2D eigenvalue weighted by Gasteiger charge is -2.35. The topological polar surface area (TPSA) is 86.3 Å². The van der Waals surface area contributed by atoms with Crippen LogP contribution in [0.15, 0.2) is 48.7 Å². The molecule has 0 saturated carbocycles. The first-order valence-electron chi connectivity index (χ1n) is 10.4. The SMILES string of the molecule is Cc1ccnc(Nc2ccc(N3CCN(C(=O)Nc4ccc(C)cc4C)CC3)nn2)c1. The molecule has 0 aliphatic carbocycles. The van der Waals surface area contributed by atoms with Gasteiger partial charge in [-0.2, -0.15) is 0 Å². The number of nitrogens with one attached hydrogen (secondary N) is 2. The minimum absolute atomic E-state index is 0.0668. The normalized spacial score (nSPS) is 13.8. The van der Waals surface area contributed by atoms with Gasteiger partial charge in [-0.25, -0.2) is 9.78 Å². The van der Waals surface area contributed by atoms with E-state index in [2.05, 4.69) is 36.8 Å². The number of pyridine rings is 1. The van der Waals surface area contributed by atoms with Crippen LogP contribution in [-0.4, -0.2) is 52.3 Å². The number of aryl methyl sites for hydroxylation is 3. The van der Waals surface area contributed by atoms with Gasteiger partial charge in [0.25, 0.3) is 0 Å². The maximum absolute atomic E-state index is 12.6. The van der Waals surface area contributed by atoms with Crippen LogP contribution in [0.4, 0.5) is 27.9 Å². The number of anilines is 4. The monoisotopic (exact) mass is 417 g/mol. The highest BCUT2D eigenvalue weighted by molar-refractivity contribution is 5.90. The molecule has 2 N–H and O–H groups in total. The van der Waals surface area contributed by atoms with Gasteiger partial charge < -0.3 is 20.4 Å². The van der Waals surface area contributed by atoms with Crippen LogP contribution >= 0.6 is 0 Å². The summed E-state index contributed by atoms with van der Waals surface area (Å²) in [6.45, 7) is 8.75. The number of rotatable bonds is 4. The average Bonchev–Trinajstić information content (AvgIpc) is 2.76. The maximum Gasteiger partial charge on any atom is 0.321 e. The maximum atomic E-state index is 12.6. The van der Waals surface area contributed by atoms with E-state index in [1.807, 2.05) is 62.1 Å². The highest BCUT2D eigenvalue weighted by Gasteiger charge is 2.22. The summed E-state index contributed by atoms with van der Waals surface area (Å²) in [4.78, 5) is 20.9. The molecule has 0 bridgehead atoms. The van der Waals surface area contributed by atoms with Crippen molar-refractivity contribution in [2.45, 2.75) is 20.8 Å². The number of benzene rings is 1. The molecule has 0 radical (unpaired) electrons. The van der Waals surface area contributed by atoms with Crippen molar-refractivity contribution < 1.29 is 4.79 Å². The van der Waals surface area contributed by atoms with E-state index in [4.69, 9.17) is 0 Å². The van der Waals surface area contributed by atoms with E-state index in [1.165, 1.54) is 5.56 Å². The number of amides is 2. The van der Waals surface area contributed by atoms with E-state index < -0.39 is 0 Å². The zero-order valence-corrected chi connectivity index (χ0v) is 18.1. The van der Waals surface area contributed by atoms with Gasteiger partial charge in [0.05, 0.1) is 0 Å². The van der Waals surface area contributed by atoms with Crippen LogP contribution in [0.5, 0.6) is 0 Å². The van der Waals surface area contributed by atoms with Crippen molar-refractivity contribution in [1.29, 1.82) is 0 Å². The Hall–Kier alpha value is -3.68. The van der Waals surface area contributed by atoms with E-state index in [0.29, 0.717) is 32.0 Å². The van der Waals surface area contributed by atoms with Crippen LogP contribution in [0.3, 0.4) is 0 Å². The first-order chi connectivity index (χ1) is 15.0. The third-order valence-electron chi connectivity index (χ3n) is 5.34. The van der Waals surface area contributed by atoms with Crippen LogP contribution in [0, 0.1) is 20.8 Å². The van der Waals surface area contributed by atoms with Gasteiger partial charge in [-0.05, 0) is 62.2 Å². The molecule has 3 heterocycles.